The van der Waals surface area contributed by atoms with Crippen LogP contribution in [0, 0.1) is 0 Å². The molecule has 4 aliphatic rings. The number of likely N-dealkylation sites (tertiary alicyclic amines) is 2. The Balaban J connectivity index is 1.25. The van der Waals surface area contributed by atoms with Crippen LogP contribution in [-0.4, -0.2) is 106 Å². The molecule has 1 aromatic carbocycles. The van der Waals surface area contributed by atoms with Crippen LogP contribution in [0.1, 0.15) is 81.0 Å². The number of alkyl halides is 4. The van der Waals surface area contributed by atoms with Gasteiger partial charge in [0.15, 0.2) is 0 Å². The van der Waals surface area contributed by atoms with Crippen LogP contribution in [0.5, 0.6) is 0 Å². The predicted octanol–water partition coefficient (Wildman–Crippen LogP) is 6.34. The minimum Gasteiger partial charge on any atom is -0.390 e. The fourth-order valence-corrected chi connectivity index (χ4v) is 8.81. The number of carbonyl (C=O) groups is 1. The molecular weight excluding hydrogens is 644 g/mol. The minimum atomic E-state index is -4.52. The summed E-state index contributed by atoms with van der Waals surface area (Å²) in [6.07, 6.45) is 4.33. The lowest BCUT2D eigenvalue weighted by Crippen LogP contribution is -2.47. The first-order valence-corrected chi connectivity index (χ1v) is 18.9. The molecule has 0 bridgehead atoms. The lowest BCUT2D eigenvalue weighted by molar-refractivity contribution is -0.139. The van der Waals surface area contributed by atoms with Crippen LogP contribution < -0.4 is 5.32 Å². The lowest BCUT2D eigenvalue weighted by atomic mass is 9.95. The van der Waals surface area contributed by atoms with E-state index >= 15 is 0 Å². The molecule has 3 fully saturated rings. The molecule has 2 N–H and O–H groups in total. The molecule has 48 heavy (non-hydrogen) atoms. The molecule has 1 aromatic heterocycles. The van der Waals surface area contributed by atoms with Crippen molar-refractivity contribution in [3.63, 3.8) is 0 Å². The maximum absolute atomic E-state index is 14.2. The number of hydrogen-bond donors (Lipinski definition) is 2. The summed E-state index contributed by atoms with van der Waals surface area (Å²) in [5.41, 5.74) is 2.20. The van der Waals surface area contributed by atoms with E-state index in [1.54, 1.807) is 11.0 Å². The van der Waals surface area contributed by atoms with Crippen LogP contribution in [0.25, 0.3) is 11.3 Å². The number of halogens is 4. The SMILES string of the molecule is O=C(NC1CCCCC1)N1CCc2c(c(-c3ccc(C(F)(F)F)c(SCCN4CCC(F)CC4)c3)nn2C[C@@H](O)CN2CCCCC2)C1. The van der Waals surface area contributed by atoms with E-state index < -0.39 is 24.0 Å². The summed E-state index contributed by atoms with van der Waals surface area (Å²) in [5, 5.41) is 19.3. The van der Waals surface area contributed by atoms with E-state index in [-0.39, 0.29) is 23.5 Å². The Kier molecular flexibility index (Phi) is 11.9. The third-order valence-corrected chi connectivity index (χ3v) is 11.4. The van der Waals surface area contributed by atoms with Crippen molar-refractivity contribution in [2.45, 2.75) is 113 Å². The Morgan fingerprint density at radius 1 is 0.958 bits per heavy atom. The van der Waals surface area contributed by atoms with Gasteiger partial charge < -0.3 is 25.1 Å². The van der Waals surface area contributed by atoms with Crippen molar-refractivity contribution in [3.8, 4) is 11.3 Å². The van der Waals surface area contributed by atoms with E-state index in [0.29, 0.717) is 75.5 Å². The molecule has 2 saturated heterocycles. The second kappa shape index (κ2) is 16.1. The fraction of sp³-hybridized carbons (Fsp3) is 0.714. The van der Waals surface area contributed by atoms with Crippen molar-refractivity contribution >= 4 is 17.8 Å². The molecular formula is C35H50F4N6O2S. The molecule has 13 heteroatoms. The van der Waals surface area contributed by atoms with Crippen molar-refractivity contribution in [2.75, 3.05) is 51.6 Å². The maximum Gasteiger partial charge on any atom is 0.417 e. The third kappa shape index (κ3) is 9.05. The number of β-amino-alcohol motifs (C(OH)–C–C–N with tert-alkyl or cyclic N) is 1. The summed E-state index contributed by atoms with van der Waals surface area (Å²) in [6.45, 7) is 5.39. The minimum absolute atomic E-state index is 0.114. The highest BCUT2D eigenvalue weighted by Crippen LogP contribution is 2.40. The Labute approximate surface area is 285 Å². The van der Waals surface area contributed by atoms with Gasteiger partial charge in [-0.25, -0.2) is 9.18 Å². The van der Waals surface area contributed by atoms with Gasteiger partial charge in [-0.05, 0) is 63.7 Å². The molecule has 2 amide bonds. The van der Waals surface area contributed by atoms with Gasteiger partial charge >= 0.3 is 12.2 Å². The molecule has 8 nitrogen and oxygen atoms in total. The zero-order valence-corrected chi connectivity index (χ0v) is 28.6. The van der Waals surface area contributed by atoms with Gasteiger partial charge in [-0.3, -0.25) is 4.68 Å². The summed E-state index contributed by atoms with van der Waals surface area (Å²) < 4.78 is 58.0. The largest absolute Gasteiger partial charge is 0.417 e. The number of piperidine rings is 2. The van der Waals surface area contributed by atoms with Crippen molar-refractivity contribution < 1.29 is 27.5 Å². The zero-order chi connectivity index (χ0) is 33.7. The van der Waals surface area contributed by atoms with Gasteiger partial charge in [-0.2, -0.15) is 18.3 Å². The van der Waals surface area contributed by atoms with Crippen LogP contribution in [0.15, 0.2) is 23.1 Å². The average molecular weight is 695 g/mol. The monoisotopic (exact) mass is 694 g/mol. The second-order valence-corrected chi connectivity index (χ2v) is 15.1. The van der Waals surface area contributed by atoms with Gasteiger partial charge in [0.05, 0.1) is 30.5 Å². The summed E-state index contributed by atoms with van der Waals surface area (Å²) in [7, 11) is 0. The number of amides is 2. The normalized spacial score (nSPS) is 21.3. The number of nitrogens with zero attached hydrogens (tertiary/aromatic N) is 5. The quantitative estimate of drug-likeness (QED) is 0.223. The molecule has 2 aromatic rings. The van der Waals surface area contributed by atoms with Gasteiger partial charge in [0, 0.05) is 72.7 Å². The van der Waals surface area contributed by atoms with Crippen molar-refractivity contribution in [1.29, 1.82) is 0 Å². The number of aliphatic hydroxyl groups is 1. The van der Waals surface area contributed by atoms with Crippen LogP contribution >= 0.6 is 11.8 Å². The number of fused-ring (bicyclic) bond motifs is 1. The molecule has 3 aliphatic heterocycles. The Morgan fingerprint density at radius 2 is 1.69 bits per heavy atom. The smallest absolute Gasteiger partial charge is 0.390 e. The third-order valence-electron chi connectivity index (χ3n) is 10.4. The van der Waals surface area contributed by atoms with Crippen LogP contribution in [-0.2, 0) is 25.7 Å². The lowest BCUT2D eigenvalue weighted by Gasteiger charge is -2.31. The first kappa shape index (κ1) is 35.5. The Morgan fingerprint density at radius 3 is 2.42 bits per heavy atom. The summed E-state index contributed by atoms with van der Waals surface area (Å²) in [5.74, 6) is 0.452. The molecule has 266 valence electrons. The van der Waals surface area contributed by atoms with E-state index in [0.717, 1.165) is 68.9 Å². The highest BCUT2D eigenvalue weighted by molar-refractivity contribution is 7.99. The number of urea groups is 1. The number of aromatic nitrogens is 2. The van der Waals surface area contributed by atoms with Crippen molar-refractivity contribution in [1.82, 2.24) is 29.8 Å². The number of thioether (sulfide) groups is 1. The molecule has 0 spiro atoms. The number of carbonyl (C=O) groups excluding carboxylic acids is 1. The van der Waals surface area contributed by atoms with Crippen LogP contribution in [0.4, 0.5) is 22.4 Å². The van der Waals surface area contributed by atoms with Crippen molar-refractivity contribution in [3.05, 3.63) is 35.0 Å². The van der Waals surface area contributed by atoms with E-state index in [2.05, 4.69) is 15.1 Å². The van der Waals surface area contributed by atoms with Gasteiger partial charge in [0.2, 0.25) is 0 Å². The summed E-state index contributed by atoms with van der Waals surface area (Å²) in [4.78, 5) is 19.7. The maximum atomic E-state index is 14.2. The number of benzene rings is 1. The first-order valence-electron chi connectivity index (χ1n) is 17.9. The highest BCUT2D eigenvalue weighted by atomic mass is 32.2. The molecule has 4 heterocycles. The molecule has 6 rings (SSSR count). The highest BCUT2D eigenvalue weighted by Gasteiger charge is 2.35. The number of nitrogens with one attached hydrogen (secondary N) is 1. The average Bonchev–Trinajstić information content (AvgIpc) is 3.43. The summed E-state index contributed by atoms with van der Waals surface area (Å²) >= 11 is 1.17. The van der Waals surface area contributed by atoms with E-state index in [1.807, 2.05) is 4.68 Å². The number of aliphatic hydroxyl groups excluding tert-OH is 1. The predicted molar refractivity (Wildman–Crippen MR) is 180 cm³/mol. The molecule has 1 saturated carbocycles. The van der Waals surface area contributed by atoms with Gasteiger partial charge in [-0.1, -0.05) is 31.7 Å². The fourth-order valence-electron chi connectivity index (χ4n) is 7.69. The topological polar surface area (TPSA) is 76.9 Å². The van der Waals surface area contributed by atoms with Crippen LogP contribution in [0.3, 0.4) is 0 Å². The molecule has 0 unspecified atom stereocenters. The van der Waals surface area contributed by atoms with Gasteiger partial charge in [0.25, 0.3) is 0 Å². The van der Waals surface area contributed by atoms with E-state index in [1.165, 1.54) is 30.7 Å². The van der Waals surface area contributed by atoms with Crippen LogP contribution in [0.2, 0.25) is 0 Å². The molecule has 1 atom stereocenters. The number of hydrogen-bond acceptors (Lipinski definition) is 6. The number of rotatable bonds is 10. The molecule has 0 radical (unpaired) electrons. The van der Waals surface area contributed by atoms with Gasteiger partial charge in [0.1, 0.15) is 6.17 Å². The van der Waals surface area contributed by atoms with Gasteiger partial charge in [-0.15, -0.1) is 11.8 Å². The standard InChI is InChI=1S/C35H50F4N6O2S/c36-26-11-16-42(17-12-26)19-20-48-32-21-25(9-10-30(32)35(37,38)39)33-29-24-44(34(47)40-27-7-3-1-4-8-27)18-13-31(29)45(41-33)23-28(46)22-43-14-5-2-6-15-43/h9-10,21,26-28,46H,1-8,11-20,22-24H2,(H,40,47)/t28-/m0/s1. The Bertz CT molecular complexity index is 1370. The zero-order valence-electron chi connectivity index (χ0n) is 27.8. The second-order valence-electron chi connectivity index (χ2n) is 14.0. The van der Waals surface area contributed by atoms with Crippen molar-refractivity contribution in [2.24, 2.45) is 0 Å². The van der Waals surface area contributed by atoms with E-state index in [4.69, 9.17) is 5.10 Å². The summed E-state index contributed by atoms with van der Waals surface area (Å²) in [6, 6.07) is 4.25. The first-order chi connectivity index (χ1) is 23.1. The molecule has 1 aliphatic carbocycles. The Hall–Kier alpha value is -2.35. The van der Waals surface area contributed by atoms with E-state index in [9.17, 15) is 27.5 Å².